The van der Waals surface area contributed by atoms with Gasteiger partial charge in [-0.25, -0.2) is 0 Å². The second kappa shape index (κ2) is 6.43. The van der Waals surface area contributed by atoms with Crippen LogP contribution in [0.25, 0.3) is 0 Å². The largest absolute Gasteiger partial charge is 0.573 e. The highest BCUT2D eigenvalue weighted by molar-refractivity contribution is 5.30. The van der Waals surface area contributed by atoms with Gasteiger partial charge in [-0.05, 0) is 36.5 Å². The first kappa shape index (κ1) is 15.1. The molecular weight excluding hydrogens is 273 g/mol. The van der Waals surface area contributed by atoms with Crippen LogP contribution in [0.2, 0.25) is 0 Å². The number of benzene rings is 1. The highest BCUT2D eigenvalue weighted by Gasteiger charge is 2.31. The van der Waals surface area contributed by atoms with Crippen LogP contribution in [0.15, 0.2) is 24.3 Å². The number of nitrogens with two attached hydrogens (primary N) is 1. The van der Waals surface area contributed by atoms with Gasteiger partial charge >= 0.3 is 6.36 Å². The SMILES string of the molecule is NNC(CC1CCOC1)c1cccc(OC(F)(F)F)c1. The van der Waals surface area contributed by atoms with Crippen molar-refractivity contribution in [2.24, 2.45) is 11.8 Å². The summed E-state index contributed by atoms with van der Waals surface area (Å²) in [5.74, 6) is 5.63. The molecule has 1 aliphatic heterocycles. The maximum atomic E-state index is 12.2. The van der Waals surface area contributed by atoms with E-state index in [-0.39, 0.29) is 11.8 Å². The van der Waals surface area contributed by atoms with Gasteiger partial charge in [0.15, 0.2) is 0 Å². The van der Waals surface area contributed by atoms with Gasteiger partial charge in [-0.15, -0.1) is 13.2 Å². The highest BCUT2D eigenvalue weighted by Crippen LogP contribution is 2.29. The Morgan fingerprint density at radius 1 is 1.45 bits per heavy atom. The fourth-order valence-corrected chi connectivity index (χ4v) is 2.33. The molecule has 1 saturated heterocycles. The van der Waals surface area contributed by atoms with E-state index < -0.39 is 6.36 Å². The Labute approximate surface area is 115 Å². The summed E-state index contributed by atoms with van der Waals surface area (Å²) in [6.07, 6.45) is -3.04. The summed E-state index contributed by atoms with van der Waals surface area (Å²) in [4.78, 5) is 0. The lowest BCUT2D eigenvalue weighted by molar-refractivity contribution is -0.274. The molecule has 1 aromatic rings. The molecule has 1 fully saturated rings. The van der Waals surface area contributed by atoms with Gasteiger partial charge in [-0.1, -0.05) is 12.1 Å². The number of hydrazine groups is 1. The second-order valence-corrected chi connectivity index (χ2v) is 4.80. The van der Waals surface area contributed by atoms with Gasteiger partial charge < -0.3 is 9.47 Å². The molecule has 20 heavy (non-hydrogen) atoms. The standard InChI is InChI=1S/C13H17F3N2O2/c14-13(15,16)20-11-3-1-2-10(7-11)12(18-17)6-9-4-5-19-8-9/h1-3,7,9,12,18H,4-6,8,17H2. The van der Waals surface area contributed by atoms with E-state index in [4.69, 9.17) is 10.6 Å². The molecule has 2 rings (SSSR count). The van der Waals surface area contributed by atoms with E-state index in [1.165, 1.54) is 18.2 Å². The predicted molar refractivity (Wildman–Crippen MR) is 66.7 cm³/mol. The Hall–Kier alpha value is -1.31. The molecule has 1 aliphatic rings. The van der Waals surface area contributed by atoms with Crippen LogP contribution in [0.5, 0.6) is 5.75 Å². The van der Waals surface area contributed by atoms with Crippen LogP contribution in [0, 0.1) is 5.92 Å². The number of nitrogens with one attached hydrogen (secondary N) is 1. The van der Waals surface area contributed by atoms with Gasteiger partial charge in [0.05, 0.1) is 0 Å². The molecule has 0 bridgehead atoms. The molecule has 3 N–H and O–H groups in total. The zero-order valence-corrected chi connectivity index (χ0v) is 10.8. The van der Waals surface area contributed by atoms with Crippen molar-refractivity contribution in [1.82, 2.24) is 5.43 Å². The first-order chi connectivity index (χ1) is 9.48. The van der Waals surface area contributed by atoms with Crippen molar-refractivity contribution in [1.29, 1.82) is 0 Å². The predicted octanol–water partition coefficient (Wildman–Crippen LogP) is 2.52. The van der Waals surface area contributed by atoms with Crippen LogP contribution >= 0.6 is 0 Å². The zero-order chi connectivity index (χ0) is 14.6. The summed E-state index contributed by atoms with van der Waals surface area (Å²) < 4.78 is 45.8. The van der Waals surface area contributed by atoms with E-state index in [2.05, 4.69) is 10.2 Å². The smallest absolute Gasteiger partial charge is 0.406 e. The molecular formula is C13H17F3N2O2. The van der Waals surface area contributed by atoms with Crippen LogP contribution in [-0.2, 0) is 4.74 Å². The number of rotatable bonds is 5. The van der Waals surface area contributed by atoms with Crippen molar-refractivity contribution in [3.05, 3.63) is 29.8 Å². The quantitative estimate of drug-likeness (QED) is 0.646. The molecule has 2 unspecified atom stereocenters. The van der Waals surface area contributed by atoms with Crippen LogP contribution in [0.4, 0.5) is 13.2 Å². The molecule has 0 aliphatic carbocycles. The minimum Gasteiger partial charge on any atom is -0.406 e. The maximum Gasteiger partial charge on any atom is 0.573 e. The first-order valence-electron chi connectivity index (χ1n) is 6.37. The third-order valence-corrected chi connectivity index (χ3v) is 3.29. The van der Waals surface area contributed by atoms with Crippen molar-refractivity contribution in [2.45, 2.75) is 25.2 Å². The van der Waals surface area contributed by atoms with Gasteiger partial charge in [0.2, 0.25) is 0 Å². The van der Waals surface area contributed by atoms with Crippen molar-refractivity contribution in [3.63, 3.8) is 0 Å². The molecule has 1 heterocycles. The minimum atomic E-state index is -4.69. The summed E-state index contributed by atoms with van der Waals surface area (Å²) in [5, 5.41) is 0. The summed E-state index contributed by atoms with van der Waals surface area (Å²) in [7, 11) is 0. The van der Waals surface area contributed by atoms with Crippen molar-refractivity contribution < 1.29 is 22.6 Å². The van der Waals surface area contributed by atoms with Crippen molar-refractivity contribution in [2.75, 3.05) is 13.2 Å². The normalized spacial score (nSPS) is 20.9. The van der Waals surface area contributed by atoms with E-state index in [0.717, 1.165) is 13.0 Å². The van der Waals surface area contributed by atoms with Gasteiger partial charge in [0, 0.05) is 19.3 Å². The van der Waals surface area contributed by atoms with Gasteiger partial charge in [0.1, 0.15) is 5.75 Å². The van der Waals surface area contributed by atoms with Crippen LogP contribution in [-0.4, -0.2) is 19.6 Å². The molecule has 0 amide bonds. The molecule has 0 aromatic heterocycles. The average Bonchev–Trinajstić information content (AvgIpc) is 2.87. The van der Waals surface area contributed by atoms with Crippen molar-refractivity contribution in [3.8, 4) is 5.75 Å². The first-order valence-corrected chi connectivity index (χ1v) is 6.37. The minimum absolute atomic E-state index is 0.224. The Kier molecular flexibility index (Phi) is 4.85. The number of ether oxygens (including phenoxy) is 2. The molecule has 1 aromatic carbocycles. The summed E-state index contributed by atoms with van der Waals surface area (Å²) >= 11 is 0. The Balaban J connectivity index is 2.06. The van der Waals surface area contributed by atoms with E-state index >= 15 is 0 Å². The lowest BCUT2D eigenvalue weighted by Gasteiger charge is -2.20. The van der Waals surface area contributed by atoms with E-state index in [1.54, 1.807) is 6.07 Å². The molecule has 7 heteroatoms. The lowest BCUT2D eigenvalue weighted by atomic mass is 9.94. The van der Waals surface area contributed by atoms with Crippen LogP contribution < -0.4 is 16.0 Å². The fraction of sp³-hybridized carbons (Fsp3) is 0.538. The molecule has 112 valence electrons. The van der Waals surface area contributed by atoms with E-state index in [0.29, 0.717) is 24.5 Å². The Morgan fingerprint density at radius 3 is 2.85 bits per heavy atom. The number of hydrogen-bond acceptors (Lipinski definition) is 4. The van der Waals surface area contributed by atoms with Gasteiger partial charge in [-0.3, -0.25) is 11.3 Å². The van der Waals surface area contributed by atoms with E-state index in [9.17, 15) is 13.2 Å². The van der Waals surface area contributed by atoms with Crippen LogP contribution in [0.1, 0.15) is 24.4 Å². The third-order valence-electron chi connectivity index (χ3n) is 3.29. The molecule has 2 atom stereocenters. The Morgan fingerprint density at radius 2 is 2.25 bits per heavy atom. The Bertz CT molecular complexity index is 434. The highest BCUT2D eigenvalue weighted by atomic mass is 19.4. The molecule has 0 radical (unpaired) electrons. The van der Waals surface area contributed by atoms with E-state index in [1.807, 2.05) is 0 Å². The molecule has 0 spiro atoms. The average molecular weight is 290 g/mol. The zero-order valence-electron chi connectivity index (χ0n) is 10.8. The number of halogens is 3. The molecule has 0 saturated carbocycles. The lowest BCUT2D eigenvalue weighted by Crippen LogP contribution is -2.30. The third kappa shape index (κ3) is 4.36. The van der Waals surface area contributed by atoms with Crippen LogP contribution in [0.3, 0.4) is 0 Å². The number of alkyl halides is 3. The second-order valence-electron chi connectivity index (χ2n) is 4.80. The van der Waals surface area contributed by atoms with Gasteiger partial charge in [-0.2, -0.15) is 0 Å². The topological polar surface area (TPSA) is 56.5 Å². The monoisotopic (exact) mass is 290 g/mol. The summed E-state index contributed by atoms with van der Waals surface area (Å²) in [6.45, 7) is 1.39. The molecule has 4 nitrogen and oxygen atoms in total. The maximum absolute atomic E-state index is 12.2. The van der Waals surface area contributed by atoms with Crippen molar-refractivity contribution >= 4 is 0 Å². The number of hydrogen-bond donors (Lipinski definition) is 2. The summed E-state index contributed by atoms with van der Waals surface area (Å²) in [5.41, 5.74) is 3.31. The summed E-state index contributed by atoms with van der Waals surface area (Å²) in [6, 6.07) is 5.64. The van der Waals surface area contributed by atoms with Gasteiger partial charge in [0.25, 0.3) is 0 Å². The fourth-order valence-electron chi connectivity index (χ4n) is 2.33.